The number of nitrogens with one attached hydrogen (secondary N) is 2. The van der Waals surface area contributed by atoms with Crippen LogP contribution in [0.25, 0.3) is 11.1 Å². The van der Waals surface area contributed by atoms with Gasteiger partial charge in [0, 0.05) is 48.0 Å². The van der Waals surface area contributed by atoms with E-state index < -0.39 is 0 Å². The van der Waals surface area contributed by atoms with Gasteiger partial charge in [-0.15, -0.1) is 0 Å². The lowest BCUT2D eigenvalue weighted by atomic mass is 10.0. The summed E-state index contributed by atoms with van der Waals surface area (Å²) in [5.41, 5.74) is 4.78. The zero-order valence-electron chi connectivity index (χ0n) is 15.6. The Kier molecular flexibility index (Phi) is 5.29. The van der Waals surface area contributed by atoms with Crippen LogP contribution in [0.3, 0.4) is 0 Å². The first-order valence-corrected chi connectivity index (χ1v) is 9.26. The van der Waals surface area contributed by atoms with Gasteiger partial charge in [-0.3, -0.25) is 14.6 Å². The van der Waals surface area contributed by atoms with E-state index in [2.05, 4.69) is 15.3 Å². The van der Waals surface area contributed by atoms with Gasteiger partial charge < -0.3 is 10.3 Å². The lowest BCUT2D eigenvalue weighted by Gasteiger charge is -2.11. The monoisotopic (exact) mass is 381 g/mol. The Bertz CT molecular complexity index is 1120. The molecule has 4 aromatic rings. The number of nitrogens with zero attached hydrogens (tertiary/aromatic N) is 1. The van der Waals surface area contributed by atoms with Crippen LogP contribution in [0.4, 0.5) is 0 Å². The molecule has 0 aliphatic carbocycles. The summed E-state index contributed by atoms with van der Waals surface area (Å²) in [6.07, 6.45) is 6.87. The van der Waals surface area contributed by atoms with Crippen LogP contribution in [0.5, 0.6) is 0 Å². The first kappa shape index (κ1) is 18.4. The molecular formula is C24H19N3O2. The summed E-state index contributed by atoms with van der Waals surface area (Å²) in [6.45, 7) is 0.404. The quantitative estimate of drug-likeness (QED) is 0.491. The van der Waals surface area contributed by atoms with Crippen molar-refractivity contribution >= 4 is 11.7 Å². The highest BCUT2D eigenvalue weighted by molar-refractivity contribution is 6.09. The molecular weight excluding hydrogens is 362 g/mol. The third-order valence-corrected chi connectivity index (χ3v) is 4.72. The average molecular weight is 381 g/mol. The van der Waals surface area contributed by atoms with Crippen LogP contribution in [0.1, 0.15) is 31.8 Å². The Morgan fingerprint density at radius 2 is 1.55 bits per heavy atom. The largest absolute Gasteiger partial charge is 0.367 e. The first-order chi connectivity index (χ1) is 14.2. The first-order valence-electron chi connectivity index (χ1n) is 9.26. The zero-order chi connectivity index (χ0) is 20.1. The Hall–Kier alpha value is -3.99. The van der Waals surface area contributed by atoms with Crippen molar-refractivity contribution < 1.29 is 9.59 Å². The van der Waals surface area contributed by atoms with E-state index >= 15 is 0 Å². The highest BCUT2D eigenvalue weighted by atomic mass is 16.1. The minimum absolute atomic E-state index is 0.0792. The van der Waals surface area contributed by atoms with Crippen molar-refractivity contribution in [2.24, 2.45) is 0 Å². The fourth-order valence-electron chi connectivity index (χ4n) is 3.17. The molecule has 0 radical (unpaired) electrons. The molecule has 5 nitrogen and oxygen atoms in total. The Morgan fingerprint density at radius 1 is 0.828 bits per heavy atom. The van der Waals surface area contributed by atoms with Gasteiger partial charge in [-0.2, -0.15) is 0 Å². The van der Waals surface area contributed by atoms with Crippen LogP contribution >= 0.6 is 0 Å². The third kappa shape index (κ3) is 4.14. The van der Waals surface area contributed by atoms with Gasteiger partial charge in [-0.1, -0.05) is 36.4 Å². The number of hydrogen-bond acceptors (Lipinski definition) is 3. The maximum Gasteiger partial charge on any atom is 0.251 e. The average Bonchev–Trinajstić information content (AvgIpc) is 3.33. The van der Waals surface area contributed by atoms with E-state index in [9.17, 15) is 9.59 Å². The molecule has 2 aromatic heterocycles. The van der Waals surface area contributed by atoms with E-state index in [0.717, 1.165) is 16.7 Å². The predicted molar refractivity (Wildman–Crippen MR) is 112 cm³/mol. The molecule has 0 bridgehead atoms. The molecule has 2 heterocycles. The number of carbonyl (C=O) groups excluding carboxylic acids is 2. The van der Waals surface area contributed by atoms with E-state index in [1.54, 1.807) is 55.1 Å². The number of H-pyrrole nitrogens is 1. The Morgan fingerprint density at radius 3 is 2.28 bits per heavy atom. The van der Waals surface area contributed by atoms with Crippen molar-refractivity contribution in [2.45, 2.75) is 6.54 Å². The second-order valence-corrected chi connectivity index (χ2v) is 6.58. The van der Waals surface area contributed by atoms with E-state index in [0.29, 0.717) is 23.2 Å². The summed E-state index contributed by atoms with van der Waals surface area (Å²) < 4.78 is 0. The fourth-order valence-corrected chi connectivity index (χ4v) is 3.17. The molecule has 2 N–H and O–H groups in total. The molecule has 0 aliphatic heterocycles. The highest BCUT2D eigenvalue weighted by Gasteiger charge is 2.12. The molecule has 142 valence electrons. The number of ketones is 1. The molecule has 0 atom stereocenters. The van der Waals surface area contributed by atoms with Gasteiger partial charge in [0.25, 0.3) is 5.91 Å². The number of aromatic nitrogens is 2. The van der Waals surface area contributed by atoms with Gasteiger partial charge in [-0.25, -0.2) is 0 Å². The molecule has 2 aromatic carbocycles. The number of pyridine rings is 1. The number of carbonyl (C=O) groups is 2. The summed E-state index contributed by atoms with van der Waals surface area (Å²) in [5.74, 6) is -0.264. The van der Waals surface area contributed by atoms with Gasteiger partial charge in [0.15, 0.2) is 5.78 Å². The second-order valence-electron chi connectivity index (χ2n) is 6.58. The Labute approximate surface area is 168 Å². The topological polar surface area (TPSA) is 74.8 Å². The van der Waals surface area contributed by atoms with E-state index in [1.165, 1.54) is 0 Å². The van der Waals surface area contributed by atoms with Crippen LogP contribution in [0, 0.1) is 0 Å². The molecule has 0 unspecified atom stereocenters. The minimum atomic E-state index is -0.185. The molecule has 1 amide bonds. The molecule has 0 saturated carbocycles. The standard InChI is InChI=1S/C24H19N3O2/c28-23(21-11-14-26-15-21)18-5-7-19(8-6-18)24(29)27-16-20-3-1-2-4-22(20)17-9-12-25-13-10-17/h1-15,26H,16H2,(H,27,29). The highest BCUT2D eigenvalue weighted by Crippen LogP contribution is 2.23. The van der Waals surface area contributed by atoms with Gasteiger partial charge >= 0.3 is 0 Å². The molecule has 4 rings (SSSR count). The van der Waals surface area contributed by atoms with Crippen molar-refractivity contribution in [2.75, 3.05) is 0 Å². The van der Waals surface area contributed by atoms with Crippen LogP contribution in [0.15, 0.2) is 91.5 Å². The maximum absolute atomic E-state index is 12.6. The summed E-state index contributed by atoms with van der Waals surface area (Å²) in [5, 5.41) is 2.96. The van der Waals surface area contributed by atoms with Crippen molar-refractivity contribution in [1.29, 1.82) is 0 Å². The predicted octanol–water partition coefficient (Wildman–Crippen LogP) is 4.24. The van der Waals surface area contributed by atoms with Crippen molar-refractivity contribution in [3.63, 3.8) is 0 Å². The zero-order valence-corrected chi connectivity index (χ0v) is 15.6. The molecule has 29 heavy (non-hydrogen) atoms. The third-order valence-electron chi connectivity index (χ3n) is 4.72. The van der Waals surface area contributed by atoms with Crippen molar-refractivity contribution in [3.05, 3.63) is 114 Å². The molecule has 0 fully saturated rings. The van der Waals surface area contributed by atoms with Gasteiger partial charge in [0.2, 0.25) is 0 Å². The van der Waals surface area contributed by atoms with Crippen LogP contribution in [0.2, 0.25) is 0 Å². The maximum atomic E-state index is 12.6. The summed E-state index contributed by atoms with van der Waals surface area (Å²) in [7, 11) is 0. The van der Waals surface area contributed by atoms with Gasteiger partial charge in [0.05, 0.1) is 0 Å². The van der Waals surface area contributed by atoms with E-state index in [4.69, 9.17) is 0 Å². The lowest BCUT2D eigenvalue weighted by molar-refractivity contribution is 0.0949. The number of rotatable bonds is 6. The van der Waals surface area contributed by atoms with Crippen molar-refractivity contribution in [3.8, 4) is 11.1 Å². The van der Waals surface area contributed by atoms with E-state index in [-0.39, 0.29) is 11.7 Å². The van der Waals surface area contributed by atoms with E-state index in [1.807, 2.05) is 36.4 Å². The van der Waals surface area contributed by atoms with Gasteiger partial charge in [-0.05, 0) is 47.0 Å². The molecule has 0 spiro atoms. The molecule has 0 saturated heterocycles. The number of aromatic amines is 1. The minimum Gasteiger partial charge on any atom is -0.367 e. The summed E-state index contributed by atoms with van der Waals surface area (Å²) in [4.78, 5) is 31.8. The number of amides is 1. The SMILES string of the molecule is O=C(NCc1ccccc1-c1ccncc1)c1ccc(C(=O)c2cc[nH]c2)cc1. The smallest absolute Gasteiger partial charge is 0.251 e. The normalized spacial score (nSPS) is 10.5. The summed E-state index contributed by atoms with van der Waals surface area (Å²) in [6, 6.07) is 20.3. The lowest BCUT2D eigenvalue weighted by Crippen LogP contribution is -2.23. The van der Waals surface area contributed by atoms with Crippen LogP contribution in [-0.2, 0) is 6.54 Å². The number of benzene rings is 2. The second kappa shape index (κ2) is 8.35. The summed E-state index contributed by atoms with van der Waals surface area (Å²) >= 11 is 0. The van der Waals surface area contributed by atoms with Crippen LogP contribution in [-0.4, -0.2) is 21.7 Å². The fraction of sp³-hybridized carbons (Fsp3) is 0.0417. The van der Waals surface area contributed by atoms with Crippen molar-refractivity contribution in [1.82, 2.24) is 15.3 Å². The molecule has 0 aliphatic rings. The van der Waals surface area contributed by atoms with Crippen LogP contribution < -0.4 is 5.32 Å². The number of hydrogen-bond donors (Lipinski definition) is 2. The Balaban J connectivity index is 1.45. The molecule has 5 heteroatoms. The van der Waals surface area contributed by atoms with Gasteiger partial charge in [0.1, 0.15) is 0 Å².